The van der Waals surface area contributed by atoms with E-state index in [1.807, 2.05) is 43.3 Å². The number of carbonyl (C=O) groups is 1. The van der Waals surface area contributed by atoms with E-state index >= 15 is 0 Å². The smallest absolute Gasteiger partial charge is 0.163 e. The van der Waals surface area contributed by atoms with Gasteiger partial charge in [-0.3, -0.25) is 4.79 Å². The van der Waals surface area contributed by atoms with E-state index < -0.39 is 0 Å². The third-order valence-corrected chi connectivity index (χ3v) is 6.04. The third kappa shape index (κ3) is 3.99. The number of hydrogen-bond acceptors (Lipinski definition) is 3. The quantitative estimate of drug-likeness (QED) is 0.477. The van der Waals surface area contributed by atoms with Crippen molar-refractivity contribution in [1.29, 1.82) is 0 Å². The summed E-state index contributed by atoms with van der Waals surface area (Å²) >= 11 is 0. The summed E-state index contributed by atoms with van der Waals surface area (Å²) in [5.41, 5.74) is 4.16. The van der Waals surface area contributed by atoms with Crippen molar-refractivity contribution in [2.75, 3.05) is 7.11 Å². The van der Waals surface area contributed by atoms with Crippen LogP contribution in [0.3, 0.4) is 0 Å². The molecule has 3 nitrogen and oxygen atoms in total. The SMILES string of the molecule is COc1ccc(-c2ccc(/C(C(C)=O)=C(\O)C3(C)CCCCC3)c(C)c2)cc1. The van der Waals surface area contributed by atoms with Crippen molar-refractivity contribution in [3.8, 4) is 16.9 Å². The molecule has 1 aliphatic carbocycles. The molecular formula is C25H30O3. The molecule has 0 amide bonds. The first-order valence-corrected chi connectivity index (χ1v) is 10.1. The summed E-state index contributed by atoms with van der Waals surface area (Å²) in [7, 11) is 1.66. The number of methoxy groups -OCH3 is 1. The Bertz CT molecular complexity index is 885. The Morgan fingerprint density at radius 1 is 1.00 bits per heavy atom. The van der Waals surface area contributed by atoms with Gasteiger partial charge in [0.2, 0.25) is 0 Å². The number of hydrogen-bond donors (Lipinski definition) is 1. The maximum atomic E-state index is 12.5. The molecule has 148 valence electrons. The van der Waals surface area contributed by atoms with Crippen molar-refractivity contribution >= 4 is 11.4 Å². The molecule has 0 radical (unpaired) electrons. The molecule has 28 heavy (non-hydrogen) atoms. The van der Waals surface area contributed by atoms with Gasteiger partial charge < -0.3 is 9.84 Å². The molecule has 1 aliphatic rings. The van der Waals surface area contributed by atoms with E-state index in [-0.39, 0.29) is 17.0 Å². The van der Waals surface area contributed by atoms with Crippen LogP contribution in [-0.2, 0) is 4.79 Å². The molecule has 0 heterocycles. The topological polar surface area (TPSA) is 46.5 Å². The second-order valence-corrected chi connectivity index (χ2v) is 8.16. The van der Waals surface area contributed by atoms with Crippen LogP contribution in [0.25, 0.3) is 16.7 Å². The number of aliphatic hydroxyl groups is 1. The highest BCUT2D eigenvalue weighted by Gasteiger charge is 2.34. The molecule has 0 atom stereocenters. The lowest BCUT2D eigenvalue weighted by atomic mass is 9.72. The van der Waals surface area contributed by atoms with Crippen molar-refractivity contribution in [2.45, 2.75) is 52.9 Å². The van der Waals surface area contributed by atoms with Gasteiger partial charge in [0.1, 0.15) is 11.5 Å². The number of Topliss-reactive ketones (excluding diaryl/α,β-unsaturated/α-hetero) is 1. The molecule has 2 aromatic carbocycles. The summed E-state index contributed by atoms with van der Waals surface area (Å²) in [6.07, 6.45) is 5.26. The largest absolute Gasteiger partial charge is 0.511 e. The van der Waals surface area contributed by atoms with E-state index in [2.05, 4.69) is 13.0 Å². The van der Waals surface area contributed by atoms with E-state index in [4.69, 9.17) is 4.74 Å². The summed E-state index contributed by atoms with van der Waals surface area (Å²) in [6, 6.07) is 14.0. The molecule has 0 bridgehead atoms. The molecule has 0 aliphatic heterocycles. The Hall–Kier alpha value is -2.55. The number of rotatable bonds is 5. The lowest BCUT2D eigenvalue weighted by Gasteiger charge is -2.34. The van der Waals surface area contributed by atoms with E-state index in [1.165, 1.54) is 6.42 Å². The van der Waals surface area contributed by atoms with E-state index in [1.54, 1.807) is 14.0 Å². The van der Waals surface area contributed by atoms with Gasteiger partial charge in [-0.2, -0.15) is 0 Å². The van der Waals surface area contributed by atoms with Crippen LogP contribution in [0, 0.1) is 12.3 Å². The highest BCUT2D eigenvalue weighted by Crippen LogP contribution is 2.44. The zero-order valence-corrected chi connectivity index (χ0v) is 17.3. The van der Waals surface area contributed by atoms with Crippen LogP contribution in [-0.4, -0.2) is 18.0 Å². The first kappa shape index (κ1) is 20.2. The van der Waals surface area contributed by atoms with E-state index in [0.29, 0.717) is 5.57 Å². The van der Waals surface area contributed by atoms with Crippen molar-refractivity contribution in [3.05, 3.63) is 59.4 Å². The monoisotopic (exact) mass is 378 g/mol. The van der Waals surface area contributed by atoms with Crippen LogP contribution in [0.15, 0.2) is 48.2 Å². The molecule has 3 heteroatoms. The minimum absolute atomic E-state index is 0.0791. The van der Waals surface area contributed by atoms with Crippen LogP contribution >= 0.6 is 0 Å². The van der Waals surface area contributed by atoms with Crippen LogP contribution in [0.2, 0.25) is 0 Å². The minimum Gasteiger partial charge on any atom is -0.511 e. The zero-order valence-electron chi connectivity index (χ0n) is 17.3. The second-order valence-electron chi connectivity index (χ2n) is 8.16. The fourth-order valence-electron chi connectivity index (χ4n) is 4.26. The highest BCUT2D eigenvalue weighted by molar-refractivity contribution is 6.20. The number of aryl methyl sites for hydroxylation is 1. The maximum absolute atomic E-state index is 12.5. The minimum atomic E-state index is -0.305. The molecule has 3 rings (SSSR count). The van der Waals surface area contributed by atoms with Gasteiger partial charge in [-0.25, -0.2) is 0 Å². The van der Waals surface area contributed by atoms with Crippen LogP contribution in [0.1, 0.15) is 57.1 Å². The van der Waals surface area contributed by atoms with Gasteiger partial charge in [0.25, 0.3) is 0 Å². The number of carbonyl (C=O) groups excluding carboxylic acids is 1. The maximum Gasteiger partial charge on any atom is 0.163 e. The number of allylic oxidation sites excluding steroid dienone is 2. The average Bonchev–Trinajstić information content (AvgIpc) is 2.69. The van der Waals surface area contributed by atoms with Gasteiger partial charge in [0.15, 0.2) is 5.78 Å². The second kappa shape index (κ2) is 8.22. The van der Waals surface area contributed by atoms with E-state index in [9.17, 15) is 9.90 Å². The van der Waals surface area contributed by atoms with Crippen molar-refractivity contribution in [2.24, 2.45) is 5.41 Å². The molecule has 0 saturated heterocycles. The number of ether oxygens (including phenoxy) is 1. The van der Waals surface area contributed by atoms with Crippen molar-refractivity contribution < 1.29 is 14.6 Å². The van der Waals surface area contributed by atoms with Gasteiger partial charge in [-0.1, -0.05) is 56.5 Å². The summed E-state index contributed by atoms with van der Waals surface area (Å²) in [4.78, 5) is 12.5. The predicted molar refractivity (Wildman–Crippen MR) is 115 cm³/mol. The van der Waals surface area contributed by atoms with Gasteiger partial charge in [-0.05, 0) is 61.1 Å². The van der Waals surface area contributed by atoms with Gasteiger partial charge in [-0.15, -0.1) is 0 Å². The standard InChI is InChI=1S/C25H30O3/c1-17-16-20(19-8-11-21(28-4)12-9-19)10-13-22(17)23(18(2)26)24(27)25(3)14-6-5-7-15-25/h8-13,16,27H,5-7,14-15H2,1-4H3/b24-23-. The summed E-state index contributed by atoms with van der Waals surface area (Å²) in [5, 5.41) is 11.1. The molecule has 1 saturated carbocycles. The summed E-state index contributed by atoms with van der Waals surface area (Å²) in [5.74, 6) is 1.01. The Balaban J connectivity index is 2.02. The third-order valence-electron chi connectivity index (χ3n) is 6.04. The Morgan fingerprint density at radius 2 is 1.61 bits per heavy atom. The van der Waals surface area contributed by atoms with Crippen molar-refractivity contribution in [1.82, 2.24) is 0 Å². The van der Waals surface area contributed by atoms with Gasteiger partial charge in [0.05, 0.1) is 12.7 Å². The molecule has 0 unspecified atom stereocenters. The molecule has 1 fully saturated rings. The van der Waals surface area contributed by atoms with Crippen LogP contribution < -0.4 is 4.74 Å². The Labute approximate surface area is 168 Å². The number of ketones is 1. The Kier molecular flexibility index (Phi) is 5.93. The molecule has 0 spiro atoms. The number of benzene rings is 2. The molecule has 2 aromatic rings. The zero-order chi connectivity index (χ0) is 20.3. The highest BCUT2D eigenvalue weighted by atomic mass is 16.5. The van der Waals surface area contributed by atoms with Gasteiger partial charge in [0, 0.05) is 5.41 Å². The molecule has 1 N–H and O–H groups in total. The van der Waals surface area contributed by atoms with Crippen LogP contribution in [0.5, 0.6) is 5.75 Å². The van der Waals surface area contributed by atoms with E-state index in [0.717, 1.165) is 53.7 Å². The average molecular weight is 379 g/mol. The summed E-state index contributed by atoms with van der Waals surface area (Å²) in [6.45, 7) is 5.64. The Morgan fingerprint density at radius 3 is 2.14 bits per heavy atom. The fraction of sp³-hybridized carbons (Fsp3) is 0.400. The lowest BCUT2D eigenvalue weighted by Crippen LogP contribution is -2.25. The fourth-order valence-corrected chi connectivity index (χ4v) is 4.26. The first-order chi connectivity index (χ1) is 13.4. The van der Waals surface area contributed by atoms with Crippen molar-refractivity contribution in [3.63, 3.8) is 0 Å². The molecular weight excluding hydrogens is 348 g/mol. The lowest BCUT2D eigenvalue weighted by molar-refractivity contribution is -0.112. The van der Waals surface area contributed by atoms with Crippen LogP contribution in [0.4, 0.5) is 0 Å². The van der Waals surface area contributed by atoms with Gasteiger partial charge >= 0.3 is 0 Å². The molecule has 0 aromatic heterocycles. The number of aliphatic hydroxyl groups excluding tert-OH is 1. The summed E-state index contributed by atoms with van der Waals surface area (Å²) < 4.78 is 5.23. The normalized spacial score (nSPS) is 17.0. The first-order valence-electron chi connectivity index (χ1n) is 10.1. The predicted octanol–water partition coefficient (Wildman–Crippen LogP) is 6.50.